The fourth-order valence-electron chi connectivity index (χ4n) is 10.1. The third-order valence-electron chi connectivity index (χ3n) is 13.0. The van der Waals surface area contributed by atoms with E-state index in [1.54, 1.807) is 48.5 Å². The van der Waals surface area contributed by atoms with Crippen LogP contribution in [-0.4, -0.2) is 91.2 Å². The van der Waals surface area contributed by atoms with Gasteiger partial charge in [-0.15, -0.1) is 6.58 Å². The highest BCUT2D eigenvalue weighted by molar-refractivity contribution is 6.03. The Labute approximate surface area is 376 Å². The van der Waals surface area contributed by atoms with Gasteiger partial charge in [0.05, 0.1) is 49.1 Å². The molecule has 1 saturated carbocycles. The summed E-state index contributed by atoms with van der Waals surface area (Å²) in [5, 5.41) is 34.5. The van der Waals surface area contributed by atoms with Gasteiger partial charge in [0, 0.05) is 49.6 Å². The van der Waals surface area contributed by atoms with Crippen LogP contribution in [0.5, 0.6) is 23.0 Å². The average molecular weight is 876 g/mol. The van der Waals surface area contributed by atoms with Gasteiger partial charge >= 0.3 is 0 Å². The number of aliphatic hydroxyl groups is 2. The van der Waals surface area contributed by atoms with E-state index in [1.807, 2.05) is 30.0 Å². The van der Waals surface area contributed by atoms with Crippen molar-refractivity contribution in [3.8, 4) is 29.1 Å². The summed E-state index contributed by atoms with van der Waals surface area (Å²) in [5.74, 6) is -0.421. The number of aliphatic hydroxyl groups excluding tert-OH is 2. The maximum atomic E-state index is 15.0. The predicted octanol–water partition coefficient (Wildman–Crippen LogP) is 8.88. The molecule has 2 fully saturated rings. The first kappa shape index (κ1) is 46.5. The van der Waals surface area contributed by atoms with Gasteiger partial charge in [-0.2, -0.15) is 5.26 Å². The van der Waals surface area contributed by atoms with Crippen molar-refractivity contribution in [2.75, 3.05) is 40.1 Å². The molecule has 2 N–H and O–H groups in total. The molecule has 3 aromatic carbocycles. The average Bonchev–Trinajstić information content (AvgIpc) is 3.33. The fourth-order valence-corrected chi connectivity index (χ4v) is 10.1. The van der Waals surface area contributed by atoms with Gasteiger partial charge in [0.2, 0.25) is 12.1 Å². The zero-order valence-electron chi connectivity index (χ0n) is 37.0. The van der Waals surface area contributed by atoms with Crippen LogP contribution in [0.2, 0.25) is 0 Å². The van der Waals surface area contributed by atoms with E-state index in [0.717, 1.165) is 55.9 Å². The van der Waals surface area contributed by atoms with Gasteiger partial charge in [0.25, 0.3) is 5.91 Å². The minimum absolute atomic E-state index is 0.00250. The molecule has 64 heavy (non-hydrogen) atoms. The molecule has 4 aliphatic rings. The number of benzene rings is 3. The maximum absolute atomic E-state index is 15.0. The van der Waals surface area contributed by atoms with Crippen LogP contribution >= 0.6 is 0 Å². The number of amides is 1. The SMILES string of the molecule is C=CCO[C@@]12Oc3ccc(Oc4ccc(OC)c(C=O)c4)cc3[C@H]3[C@H](CCCCO)[C@@H](CCCCO)C=C(C(=NOC4CCCCO4)C[C@@H]1N(CCC)C(=O)c1ccc(C#N)cc1)[C@H]32. The van der Waals surface area contributed by atoms with Gasteiger partial charge in [-0.05, 0) is 123 Å². The molecule has 0 bridgehead atoms. The molecule has 2 heterocycles. The number of nitriles is 1. The summed E-state index contributed by atoms with van der Waals surface area (Å²) in [4.78, 5) is 35.1. The monoisotopic (exact) mass is 875 g/mol. The zero-order chi connectivity index (χ0) is 45.1. The van der Waals surface area contributed by atoms with Crippen molar-refractivity contribution >= 4 is 17.9 Å². The second kappa shape index (κ2) is 21.9. The van der Waals surface area contributed by atoms with E-state index in [9.17, 15) is 25.1 Å². The third-order valence-corrected chi connectivity index (χ3v) is 13.0. The number of ether oxygens (including phenoxy) is 5. The van der Waals surface area contributed by atoms with Crippen LogP contribution in [0.1, 0.15) is 115 Å². The number of carbonyl (C=O) groups excluding carboxylic acids is 2. The van der Waals surface area contributed by atoms with Gasteiger partial charge in [0.15, 0.2) is 6.29 Å². The topological polar surface area (TPSA) is 169 Å². The molecule has 7 atom stereocenters. The smallest absolute Gasteiger partial charge is 0.254 e. The van der Waals surface area contributed by atoms with Gasteiger partial charge in [-0.25, -0.2) is 0 Å². The Balaban J connectivity index is 1.45. The number of hydrogen-bond donors (Lipinski definition) is 2. The lowest BCUT2D eigenvalue weighted by atomic mass is 9.55. The summed E-state index contributed by atoms with van der Waals surface area (Å²) < 4.78 is 32.4. The number of methoxy groups -OCH3 is 1. The second-order valence-corrected chi connectivity index (χ2v) is 17.0. The lowest BCUT2D eigenvalue weighted by molar-refractivity contribution is -0.254. The molecule has 1 saturated heterocycles. The first-order valence-electron chi connectivity index (χ1n) is 22.8. The third kappa shape index (κ3) is 9.91. The van der Waals surface area contributed by atoms with E-state index < -0.39 is 24.0 Å². The fraction of sp³-hybridized carbons (Fsp3) is 0.490. The second-order valence-electron chi connectivity index (χ2n) is 17.0. The van der Waals surface area contributed by atoms with E-state index in [-0.39, 0.29) is 49.9 Å². The van der Waals surface area contributed by atoms with Crippen LogP contribution in [0.3, 0.4) is 0 Å². The summed E-state index contributed by atoms with van der Waals surface area (Å²) >= 11 is 0. The molecule has 7 rings (SSSR count). The van der Waals surface area contributed by atoms with E-state index in [2.05, 4.69) is 18.7 Å². The van der Waals surface area contributed by atoms with Crippen LogP contribution in [0, 0.1) is 29.1 Å². The van der Waals surface area contributed by atoms with Crippen LogP contribution < -0.4 is 14.2 Å². The Kier molecular flexibility index (Phi) is 15.9. The largest absolute Gasteiger partial charge is 0.496 e. The molecule has 13 nitrogen and oxygen atoms in total. The van der Waals surface area contributed by atoms with E-state index in [4.69, 9.17) is 33.7 Å². The summed E-state index contributed by atoms with van der Waals surface area (Å²) in [6.45, 7) is 7.29. The molecular formula is C51H61N3O10. The van der Waals surface area contributed by atoms with Crippen molar-refractivity contribution in [1.29, 1.82) is 5.26 Å². The number of hydrogen-bond acceptors (Lipinski definition) is 12. The molecule has 0 aromatic heterocycles. The van der Waals surface area contributed by atoms with Crippen molar-refractivity contribution in [2.24, 2.45) is 22.9 Å². The number of nitrogens with zero attached hydrogens (tertiary/aromatic N) is 3. The Morgan fingerprint density at radius 1 is 1.03 bits per heavy atom. The number of aldehydes is 1. The molecule has 0 spiro atoms. The van der Waals surface area contributed by atoms with Crippen LogP contribution in [0.25, 0.3) is 0 Å². The molecule has 3 aromatic rings. The summed E-state index contributed by atoms with van der Waals surface area (Å²) in [7, 11) is 1.51. The van der Waals surface area contributed by atoms with Gasteiger partial charge < -0.3 is 43.6 Å². The van der Waals surface area contributed by atoms with Crippen LogP contribution in [0.4, 0.5) is 0 Å². The Bertz CT molecular complexity index is 2190. The van der Waals surface area contributed by atoms with Gasteiger partial charge in [-0.1, -0.05) is 37.1 Å². The van der Waals surface area contributed by atoms with Gasteiger partial charge in [-0.3, -0.25) is 9.59 Å². The number of rotatable bonds is 21. The van der Waals surface area contributed by atoms with E-state index >= 15 is 0 Å². The van der Waals surface area contributed by atoms with E-state index in [0.29, 0.717) is 84.2 Å². The van der Waals surface area contributed by atoms with Crippen molar-refractivity contribution < 1.29 is 48.3 Å². The molecule has 2 aliphatic heterocycles. The highest BCUT2D eigenvalue weighted by Gasteiger charge is 2.65. The maximum Gasteiger partial charge on any atom is 0.254 e. The highest BCUT2D eigenvalue weighted by atomic mass is 16.8. The summed E-state index contributed by atoms with van der Waals surface area (Å²) in [5.41, 5.74) is 3.73. The number of allylic oxidation sites excluding steroid dienone is 1. The van der Waals surface area contributed by atoms with Crippen LogP contribution in [-0.2, 0) is 14.3 Å². The van der Waals surface area contributed by atoms with Gasteiger partial charge in [0.1, 0.15) is 29.0 Å². The molecule has 1 amide bonds. The van der Waals surface area contributed by atoms with Crippen molar-refractivity contribution in [2.45, 2.75) is 102 Å². The normalized spacial score (nSPS) is 25.1. The van der Waals surface area contributed by atoms with Crippen molar-refractivity contribution in [1.82, 2.24) is 4.90 Å². The first-order valence-corrected chi connectivity index (χ1v) is 22.8. The number of carbonyl (C=O) groups is 2. The number of unbranched alkanes of at least 4 members (excludes halogenated alkanes) is 2. The quantitative estimate of drug-likeness (QED) is 0.0454. The Morgan fingerprint density at radius 3 is 2.48 bits per heavy atom. The molecule has 2 aliphatic carbocycles. The number of fused-ring (bicyclic) bond motifs is 2. The zero-order valence-corrected chi connectivity index (χ0v) is 37.0. The highest BCUT2D eigenvalue weighted by Crippen LogP contribution is 2.62. The number of oxime groups is 1. The molecule has 340 valence electrons. The van der Waals surface area contributed by atoms with Crippen LogP contribution in [0.15, 0.2) is 90.1 Å². The first-order chi connectivity index (χ1) is 31.3. The van der Waals surface area contributed by atoms with E-state index in [1.165, 1.54) is 7.11 Å². The molecular weight excluding hydrogens is 815 g/mol. The lowest BCUT2D eigenvalue weighted by Gasteiger charge is -2.60. The molecule has 1 unspecified atom stereocenters. The summed E-state index contributed by atoms with van der Waals surface area (Å²) in [6, 6.07) is 18.9. The minimum Gasteiger partial charge on any atom is -0.496 e. The molecule has 0 radical (unpaired) electrons. The molecule has 13 heteroatoms. The van der Waals surface area contributed by atoms with Crippen molar-refractivity contribution in [3.05, 3.63) is 107 Å². The minimum atomic E-state index is -1.45. The lowest BCUT2D eigenvalue weighted by Crippen LogP contribution is -2.70. The Morgan fingerprint density at radius 2 is 1.80 bits per heavy atom. The summed E-state index contributed by atoms with van der Waals surface area (Å²) in [6.07, 6.45) is 12.1. The predicted molar refractivity (Wildman–Crippen MR) is 241 cm³/mol. The van der Waals surface area contributed by atoms with Crippen molar-refractivity contribution in [3.63, 3.8) is 0 Å². The Hall–Kier alpha value is -5.52. The standard InChI is InChI=1S/C51H61N3O10/c1-4-23-54(50(58)35-17-15-34(32-52)16-18-35)46-31-43(53-64-47-14-8-11-27-60-47)41-29-36(12-6-9-24-55)40(13-7-10-25-56)48-42-30-39(62-38-19-21-44(59-3)37(28-38)33-57)20-22-45(42)63-51(46,49(41)48)61-26-5-2/h5,15-22,28-30,33,36,40,46-49,55-56H,2,4,6-14,23-27,31H2,1,3H3/t36-,40+,46-,47?,48+,49+,51+/m0/s1.